The molecule has 2 heterocycles. The Morgan fingerprint density at radius 3 is 2.43 bits per heavy atom. The van der Waals surface area contributed by atoms with E-state index in [4.69, 9.17) is 0 Å². The van der Waals surface area contributed by atoms with Gasteiger partial charge in [-0.2, -0.15) is 0 Å². The van der Waals surface area contributed by atoms with Gasteiger partial charge in [0.2, 0.25) is 5.91 Å². The topological polar surface area (TPSA) is 71.3 Å². The summed E-state index contributed by atoms with van der Waals surface area (Å²) in [4.78, 5) is 37.6. The Labute approximate surface area is 176 Å². The van der Waals surface area contributed by atoms with Gasteiger partial charge in [0.15, 0.2) is 0 Å². The Balaban J connectivity index is 1.89. The second-order valence-electron chi connectivity index (χ2n) is 6.86. The summed E-state index contributed by atoms with van der Waals surface area (Å²) in [5.74, 6) is 0.354. The quantitative estimate of drug-likeness (QED) is 0.515. The van der Waals surface area contributed by atoms with Crippen LogP contribution in [0.5, 0.6) is 0 Å². The van der Waals surface area contributed by atoms with E-state index < -0.39 is 0 Å². The highest BCUT2D eigenvalue weighted by Crippen LogP contribution is 2.18. The Morgan fingerprint density at radius 1 is 1.07 bits per heavy atom. The van der Waals surface area contributed by atoms with Crippen LogP contribution in [0.1, 0.15) is 16.3 Å². The SMILES string of the molecule is C=CCN(CC=C)C(=O)Cn1c(CN(C)C(=O)c2ccccn2)nc2ccccc21. The molecule has 0 aliphatic heterocycles. The van der Waals surface area contributed by atoms with Crippen LogP contribution in [0.2, 0.25) is 0 Å². The largest absolute Gasteiger partial charge is 0.334 e. The highest BCUT2D eigenvalue weighted by molar-refractivity contribution is 5.92. The van der Waals surface area contributed by atoms with Crippen molar-refractivity contribution in [3.8, 4) is 0 Å². The Bertz CT molecular complexity index is 1050. The lowest BCUT2D eigenvalue weighted by atomic mass is 10.3. The van der Waals surface area contributed by atoms with Crippen LogP contribution in [0.3, 0.4) is 0 Å². The Hall–Kier alpha value is -3.74. The summed E-state index contributed by atoms with van der Waals surface area (Å²) in [7, 11) is 1.70. The van der Waals surface area contributed by atoms with Crippen LogP contribution >= 0.6 is 0 Å². The van der Waals surface area contributed by atoms with E-state index in [-0.39, 0.29) is 24.9 Å². The van der Waals surface area contributed by atoms with Gasteiger partial charge in [0.05, 0.1) is 17.6 Å². The number of imidazole rings is 1. The van der Waals surface area contributed by atoms with E-state index >= 15 is 0 Å². The van der Waals surface area contributed by atoms with E-state index in [0.717, 1.165) is 11.0 Å². The minimum Gasteiger partial charge on any atom is -0.334 e. The van der Waals surface area contributed by atoms with Gasteiger partial charge in [0.1, 0.15) is 18.1 Å². The first kappa shape index (κ1) is 21.0. The van der Waals surface area contributed by atoms with Crippen LogP contribution in [0, 0.1) is 0 Å². The third-order valence-corrected chi connectivity index (χ3v) is 4.69. The van der Waals surface area contributed by atoms with E-state index in [0.29, 0.717) is 24.6 Å². The molecule has 0 radical (unpaired) electrons. The second-order valence-corrected chi connectivity index (χ2v) is 6.86. The molecule has 3 rings (SSSR count). The predicted octanol–water partition coefficient (Wildman–Crippen LogP) is 2.90. The maximum atomic E-state index is 12.9. The average molecular weight is 403 g/mol. The molecule has 0 unspecified atom stereocenters. The number of hydrogen-bond donors (Lipinski definition) is 0. The maximum absolute atomic E-state index is 12.9. The third-order valence-electron chi connectivity index (χ3n) is 4.69. The number of aromatic nitrogens is 3. The zero-order valence-corrected chi connectivity index (χ0v) is 17.1. The highest BCUT2D eigenvalue weighted by atomic mass is 16.2. The fourth-order valence-corrected chi connectivity index (χ4v) is 3.22. The molecule has 7 heteroatoms. The van der Waals surface area contributed by atoms with Crippen molar-refractivity contribution in [1.29, 1.82) is 0 Å². The van der Waals surface area contributed by atoms with Crippen LogP contribution in [0.15, 0.2) is 74.0 Å². The van der Waals surface area contributed by atoms with Gasteiger partial charge in [0.25, 0.3) is 5.91 Å². The average Bonchev–Trinajstić information content (AvgIpc) is 3.10. The van der Waals surface area contributed by atoms with Gasteiger partial charge in [-0.05, 0) is 24.3 Å². The van der Waals surface area contributed by atoms with E-state index in [9.17, 15) is 9.59 Å². The van der Waals surface area contributed by atoms with E-state index in [1.54, 1.807) is 53.4 Å². The maximum Gasteiger partial charge on any atom is 0.272 e. The van der Waals surface area contributed by atoms with E-state index in [1.165, 1.54) is 0 Å². The fourth-order valence-electron chi connectivity index (χ4n) is 3.22. The summed E-state index contributed by atoms with van der Waals surface area (Å²) in [6.07, 6.45) is 4.96. The number of pyridine rings is 1. The molecule has 0 aliphatic carbocycles. The van der Waals surface area contributed by atoms with E-state index in [1.807, 2.05) is 28.8 Å². The number of nitrogens with zero attached hydrogens (tertiary/aromatic N) is 5. The standard InChI is InChI=1S/C23H25N5O2/c1-4-14-27(15-5-2)22(29)17-28-20-12-7-6-10-18(20)25-21(28)16-26(3)23(30)19-11-8-9-13-24-19/h4-13H,1-2,14-17H2,3H3. The number of carbonyl (C=O) groups excluding carboxylic acids is 2. The molecular formula is C23H25N5O2. The third kappa shape index (κ3) is 4.63. The summed E-state index contributed by atoms with van der Waals surface area (Å²) >= 11 is 0. The zero-order valence-electron chi connectivity index (χ0n) is 17.1. The summed E-state index contributed by atoms with van der Waals surface area (Å²) in [5, 5.41) is 0. The summed E-state index contributed by atoms with van der Waals surface area (Å²) in [5.41, 5.74) is 1.98. The molecule has 3 aromatic rings. The molecule has 0 spiro atoms. The normalized spacial score (nSPS) is 10.6. The summed E-state index contributed by atoms with van der Waals surface area (Å²) < 4.78 is 1.86. The van der Waals surface area contributed by atoms with E-state index in [2.05, 4.69) is 23.1 Å². The predicted molar refractivity (Wildman–Crippen MR) is 117 cm³/mol. The number of amides is 2. The molecule has 0 bridgehead atoms. The molecule has 2 amide bonds. The molecule has 7 nitrogen and oxygen atoms in total. The molecule has 0 aliphatic rings. The molecular weight excluding hydrogens is 378 g/mol. The smallest absolute Gasteiger partial charge is 0.272 e. The molecule has 0 saturated heterocycles. The number of carbonyl (C=O) groups is 2. The van der Waals surface area contributed by atoms with Crippen molar-refractivity contribution in [3.63, 3.8) is 0 Å². The molecule has 154 valence electrons. The molecule has 0 fully saturated rings. The van der Waals surface area contributed by atoms with Gasteiger partial charge in [-0.25, -0.2) is 4.98 Å². The van der Waals surface area contributed by atoms with Crippen molar-refractivity contribution < 1.29 is 9.59 Å². The minimum atomic E-state index is -0.208. The van der Waals surface area contributed by atoms with Gasteiger partial charge in [-0.3, -0.25) is 14.6 Å². The number of para-hydroxylation sites is 2. The molecule has 0 saturated carbocycles. The van der Waals surface area contributed by atoms with Crippen LogP contribution < -0.4 is 0 Å². The van der Waals surface area contributed by atoms with Crippen molar-refractivity contribution >= 4 is 22.8 Å². The van der Waals surface area contributed by atoms with Crippen molar-refractivity contribution in [3.05, 3.63) is 85.5 Å². The number of rotatable bonds is 9. The molecule has 2 aromatic heterocycles. The van der Waals surface area contributed by atoms with Gasteiger partial charge in [-0.15, -0.1) is 13.2 Å². The number of fused-ring (bicyclic) bond motifs is 1. The lowest BCUT2D eigenvalue weighted by Crippen LogP contribution is -2.35. The molecule has 0 N–H and O–H groups in total. The molecule has 30 heavy (non-hydrogen) atoms. The van der Waals surface area contributed by atoms with Crippen molar-refractivity contribution in [2.24, 2.45) is 0 Å². The minimum absolute atomic E-state index is 0.0714. The van der Waals surface area contributed by atoms with Gasteiger partial charge in [-0.1, -0.05) is 30.4 Å². The lowest BCUT2D eigenvalue weighted by molar-refractivity contribution is -0.130. The van der Waals surface area contributed by atoms with Gasteiger partial charge < -0.3 is 14.4 Å². The van der Waals surface area contributed by atoms with Crippen molar-refractivity contribution in [2.45, 2.75) is 13.1 Å². The van der Waals surface area contributed by atoms with Crippen LogP contribution in [-0.2, 0) is 17.9 Å². The monoisotopic (exact) mass is 403 g/mol. The van der Waals surface area contributed by atoms with Gasteiger partial charge >= 0.3 is 0 Å². The first-order valence-electron chi connectivity index (χ1n) is 9.65. The zero-order chi connectivity index (χ0) is 21.5. The molecule has 1 aromatic carbocycles. The van der Waals surface area contributed by atoms with Gasteiger partial charge in [0, 0.05) is 26.3 Å². The second kappa shape index (κ2) is 9.65. The number of hydrogen-bond acceptors (Lipinski definition) is 4. The lowest BCUT2D eigenvalue weighted by Gasteiger charge is -2.21. The van der Waals surface area contributed by atoms with Crippen LogP contribution in [0.25, 0.3) is 11.0 Å². The summed E-state index contributed by atoms with van der Waals surface area (Å²) in [6, 6.07) is 12.8. The Kier molecular flexibility index (Phi) is 6.75. The first-order valence-corrected chi connectivity index (χ1v) is 9.65. The first-order chi connectivity index (χ1) is 14.5. The van der Waals surface area contributed by atoms with Crippen molar-refractivity contribution in [1.82, 2.24) is 24.3 Å². The summed E-state index contributed by atoms with van der Waals surface area (Å²) in [6.45, 7) is 8.67. The highest BCUT2D eigenvalue weighted by Gasteiger charge is 2.20. The fraction of sp³-hybridized carbons (Fsp3) is 0.217. The van der Waals surface area contributed by atoms with Crippen LogP contribution in [-0.4, -0.2) is 56.3 Å². The number of benzene rings is 1. The van der Waals surface area contributed by atoms with Crippen LogP contribution in [0.4, 0.5) is 0 Å². The Morgan fingerprint density at radius 2 is 1.77 bits per heavy atom. The molecule has 0 atom stereocenters. The van der Waals surface area contributed by atoms with Crippen molar-refractivity contribution in [2.75, 3.05) is 20.1 Å².